The zero-order valence-corrected chi connectivity index (χ0v) is 16.9. The van der Waals surface area contributed by atoms with Crippen LogP contribution in [0, 0.1) is 27.7 Å². The molecule has 0 atom stereocenters. The summed E-state index contributed by atoms with van der Waals surface area (Å²) in [4.78, 5) is 24.7. The van der Waals surface area contributed by atoms with Crippen molar-refractivity contribution >= 4 is 28.9 Å². The Morgan fingerprint density at radius 1 is 0.966 bits per heavy atom. The lowest BCUT2D eigenvalue weighted by Crippen LogP contribution is -2.22. The molecule has 7 nitrogen and oxygen atoms in total. The van der Waals surface area contributed by atoms with Crippen LogP contribution in [0.25, 0.3) is 0 Å². The number of carbonyl (C=O) groups is 2. The second kappa shape index (κ2) is 8.60. The molecule has 3 aromatic rings. The molecule has 1 aromatic heterocycles. The highest BCUT2D eigenvalue weighted by Gasteiger charge is 2.19. The molecular weight excluding hydrogens is 366 g/mol. The first-order valence-electron chi connectivity index (χ1n) is 9.28. The van der Waals surface area contributed by atoms with Gasteiger partial charge in [0.05, 0.1) is 17.1 Å². The summed E-state index contributed by atoms with van der Waals surface area (Å²) in [6.07, 6.45) is -0.315. The lowest BCUT2D eigenvalue weighted by Gasteiger charge is -2.05. The number of nitrogens with one attached hydrogen (secondary N) is 1. The number of benzene rings is 2. The fourth-order valence-electron chi connectivity index (χ4n) is 2.86. The van der Waals surface area contributed by atoms with E-state index in [1.54, 1.807) is 26.0 Å². The van der Waals surface area contributed by atoms with Gasteiger partial charge in [0.15, 0.2) is 0 Å². The first-order chi connectivity index (χ1) is 13.8. The predicted molar refractivity (Wildman–Crippen MR) is 112 cm³/mol. The van der Waals surface area contributed by atoms with Gasteiger partial charge in [-0.1, -0.05) is 24.3 Å². The fraction of sp³-hybridized carbons (Fsp3) is 0.227. The molecule has 0 radical (unpaired) electrons. The second-order valence-electron chi connectivity index (χ2n) is 6.88. The van der Waals surface area contributed by atoms with Gasteiger partial charge < -0.3 is 5.32 Å². The van der Waals surface area contributed by atoms with Crippen LogP contribution in [0.2, 0.25) is 0 Å². The van der Waals surface area contributed by atoms with E-state index in [2.05, 4.69) is 20.6 Å². The molecule has 0 saturated heterocycles. The molecule has 7 heteroatoms. The highest BCUT2D eigenvalue weighted by molar-refractivity contribution is 6.04. The van der Waals surface area contributed by atoms with Crippen LogP contribution in [-0.2, 0) is 4.79 Å². The van der Waals surface area contributed by atoms with Crippen molar-refractivity contribution in [1.82, 2.24) is 9.78 Å². The molecule has 0 saturated carbocycles. The lowest BCUT2D eigenvalue weighted by atomic mass is 10.1. The van der Waals surface area contributed by atoms with Crippen LogP contribution in [-0.4, -0.2) is 21.6 Å². The van der Waals surface area contributed by atoms with Gasteiger partial charge in [0.25, 0.3) is 5.91 Å². The number of hydrogen-bond donors (Lipinski definition) is 1. The number of nitrogens with zero attached hydrogens (tertiary/aromatic N) is 4. The van der Waals surface area contributed by atoms with Gasteiger partial charge in [0.2, 0.25) is 5.91 Å². The maximum absolute atomic E-state index is 12.6. The number of anilines is 1. The number of carbonyl (C=O) groups excluding carboxylic acids is 2. The van der Waals surface area contributed by atoms with Crippen LogP contribution in [0.3, 0.4) is 0 Å². The van der Waals surface area contributed by atoms with Crippen LogP contribution in [0.5, 0.6) is 0 Å². The Morgan fingerprint density at radius 2 is 1.69 bits per heavy atom. The van der Waals surface area contributed by atoms with E-state index in [-0.39, 0.29) is 6.42 Å². The summed E-state index contributed by atoms with van der Waals surface area (Å²) in [6, 6.07) is 14.8. The predicted octanol–water partition coefficient (Wildman–Crippen LogP) is 5.20. The number of aryl methyl sites for hydroxylation is 3. The minimum absolute atomic E-state index is 0.315. The topological polar surface area (TPSA) is 88.7 Å². The second-order valence-corrected chi connectivity index (χ2v) is 6.88. The van der Waals surface area contributed by atoms with E-state index in [1.807, 2.05) is 50.2 Å². The molecular formula is C22H23N5O2. The fourth-order valence-corrected chi connectivity index (χ4v) is 2.86. The summed E-state index contributed by atoms with van der Waals surface area (Å²) in [5.74, 6) is -0.821. The molecule has 29 heavy (non-hydrogen) atoms. The quantitative estimate of drug-likeness (QED) is 0.480. The summed E-state index contributed by atoms with van der Waals surface area (Å²) >= 11 is 0. The Bertz CT molecular complexity index is 1080. The minimum Gasteiger partial charge on any atom is -0.326 e. The molecule has 148 valence electrons. The first-order valence-corrected chi connectivity index (χ1v) is 9.28. The third-order valence-electron chi connectivity index (χ3n) is 4.61. The van der Waals surface area contributed by atoms with Crippen molar-refractivity contribution < 1.29 is 9.59 Å². The van der Waals surface area contributed by atoms with Gasteiger partial charge in [-0.05, 0) is 63.1 Å². The number of para-hydroxylation sites is 1. The van der Waals surface area contributed by atoms with Gasteiger partial charge in [0.1, 0.15) is 12.1 Å². The van der Waals surface area contributed by atoms with Crippen molar-refractivity contribution in [3.05, 3.63) is 71.0 Å². The molecule has 0 aliphatic heterocycles. The van der Waals surface area contributed by atoms with E-state index < -0.39 is 11.8 Å². The van der Waals surface area contributed by atoms with Crippen molar-refractivity contribution in [2.75, 3.05) is 5.32 Å². The molecule has 0 aliphatic rings. The Kier molecular flexibility index (Phi) is 5.97. The normalized spacial score (nSPS) is 11.0. The third kappa shape index (κ3) is 4.82. The Morgan fingerprint density at radius 3 is 2.38 bits per heavy atom. The average Bonchev–Trinajstić information content (AvgIpc) is 2.97. The molecule has 1 amide bonds. The van der Waals surface area contributed by atoms with E-state index in [0.29, 0.717) is 22.8 Å². The van der Waals surface area contributed by atoms with Crippen LogP contribution in [0.15, 0.2) is 58.8 Å². The molecule has 1 heterocycles. The van der Waals surface area contributed by atoms with Gasteiger partial charge in [-0.15, -0.1) is 5.11 Å². The zero-order valence-electron chi connectivity index (χ0n) is 16.9. The Hall–Kier alpha value is -3.61. The third-order valence-corrected chi connectivity index (χ3v) is 4.61. The molecule has 0 unspecified atom stereocenters. The molecule has 0 fully saturated rings. The number of hydrogen-bond acceptors (Lipinski definition) is 5. The monoisotopic (exact) mass is 389 g/mol. The number of azo groups is 1. The van der Waals surface area contributed by atoms with Gasteiger partial charge in [-0.3, -0.25) is 9.59 Å². The van der Waals surface area contributed by atoms with Crippen LogP contribution in [0.4, 0.5) is 17.1 Å². The molecule has 0 spiro atoms. The van der Waals surface area contributed by atoms with E-state index in [1.165, 1.54) is 10.2 Å². The summed E-state index contributed by atoms with van der Waals surface area (Å²) in [6.45, 7) is 7.55. The van der Waals surface area contributed by atoms with Crippen molar-refractivity contribution in [2.24, 2.45) is 10.2 Å². The average molecular weight is 389 g/mol. The SMILES string of the molecule is Cc1ccc(N=Nc2c(C)nn(C(=O)CC(=O)Nc3ccccc3)c2C)cc1C. The van der Waals surface area contributed by atoms with Crippen molar-refractivity contribution in [3.8, 4) is 0 Å². The van der Waals surface area contributed by atoms with Gasteiger partial charge in [-0.2, -0.15) is 10.2 Å². The number of rotatable bonds is 5. The summed E-state index contributed by atoms with van der Waals surface area (Å²) in [5, 5.41) is 15.5. The zero-order chi connectivity index (χ0) is 21.0. The first kappa shape index (κ1) is 20.1. The molecule has 0 bridgehead atoms. The van der Waals surface area contributed by atoms with E-state index in [0.717, 1.165) is 11.3 Å². The van der Waals surface area contributed by atoms with Crippen LogP contribution >= 0.6 is 0 Å². The van der Waals surface area contributed by atoms with Crippen molar-refractivity contribution in [2.45, 2.75) is 34.1 Å². The lowest BCUT2D eigenvalue weighted by molar-refractivity contribution is -0.115. The van der Waals surface area contributed by atoms with Crippen LogP contribution < -0.4 is 5.32 Å². The summed E-state index contributed by atoms with van der Waals surface area (Å²) in [7, 11) is 0. The highest BCUT2D eigenvalue weighted by atomic mass is 16.2. The van der Waals surface area contributed by atoms with Crippen LogP contribution in [0.1, 0.15) is 33.7 Å². The van der Waals surface area contributed by atoms with E-state index in [9.17, 15) is 9.59 Å². The van der Waals surface area contributed by atoms with Gasteiger partial charge in [-0.25, -0.2) is 4.68 Å². The smallest absolute Gasteiger partial charge is 0.256 e. The maximum Gasteiger partial charge on any atom is 0.256 e. The largest absolute Gasteiger partial charge is 0.326 e. The van der Waals surface area contributed by atoms with Crippen molar-refractivity contribution in [1.29, 1.82) is 0 Å². The highest BCUT2D eigenvalue weighted by Crippen LogP contribution is 2.26. The van der Waals surface area contributed by atoms with E-state index in [4.69, 9.17) is 0 Å². The number of amides is 1. The maximum atomic E-state index is 12.6. The Labute approximate surface area is 169 Å². The van der Waals surface area contributed by atoms with Crippen molar-refractivity contribution in [3.63, 3.8) is 0 Å². The van der Waals surface area contributed by atoms with Gasteiger partial charge >= 0.3 is 0 Å². The molecule has 3 rings (SSSR count). The standard InChI is InChI=1S/C22H23N5O2/c1-14-10-11-19(12-15(14)2)24-25-22-16(3)26-27(17(22)4)21(29)13-20(28)23-18-8-6-5-7-9-18/h5-12H,13H2,1-4H3,(H,23,28). The molecule has 2 aromatic carbocycles. The summed E-state index contributed by atoms with van der Waals surface area (Å²) in [5.41, 5.74) is 5.34. The summed E-state index contributed by atoms with van der Waals surface area (Å²) < 4.78 is 1.22. The van der Waals surface area contributed by atoms with Gasteiger partial charge in [0, 0.05) is 5.69 Å². The Balaban J connectivity index is 1.74. The molecule has 1 N–H and O–H groups in total. The molecule has 0 aliphatic carbocycles. The minimum atomic E-state index is -0.424. The number of aromatic nitrogens is 2. The van der Waals surface area contributed by atoms with E-state index >= 15 is 0 Å².